The Kier molecular flexibility index (Phi) is 8.29. The van der Waals surface area contributed by atoms with Gasteiger partial charge < -0.3 is 15.0 Å². The second-order valence-electron chi connectivity index (χ2n) is 6.89. The summed E-state index contributed by atoms with van der Waals surface area (Å²) in [6, 6.07) is 0. The van der Waals surface area contributed by atoms with E-state index in [1.165, 1.54) is 4.90 Å². The molecule has 2 heterocycles. The normalized spacial score (nSPS) is 11.0. The first-order valence-electron chi connectivity index (χ1n) is 9.32. The molecule has 0 fully saturated rings. The van der Waals surface area contributed by atoms with Crippen LogP contribution in [0.2, 0.25) is 0 Å². The first-order valence-corrected chi connectivity index (χ1v) is 10.9. The number of rotatable bonds is 8. The maximum Gasteiger partial charge on any atom is 0.341 e. The number of ether oxygens (including phenoxy) is 1. The van der Waals surface area contributed by atoms with E-state index in [2.05, 4.69) is 26.3 Å². The Hall–Kier alpha value is -2.34. The Morgan fingerprint density at radius 1 is 1.29 bits per heavy atom. The van der Waals surface area contributed by atoms with Gasteiger partial charge in [-0.25, -0.2) is 13.6 Å². The number of thiophene rings is 1. The molecule has 0 atom stereocenters. The predicted molar refractivity (Wildman–Crippen MR) is 116 cm³/mol. The van der Waals surface area contributed by atoms with Crippen LogP contribution in [0.15, 0.2) is 4.47 Å². The third-order valence-corrected chi connectivity index (χ3v) is 6.48. The predicted octanol–water partition coefficient (Wildman–Crippen LogP) is 4.17. The molecule has 0 aliphatic heterocycles. The van der Waals surface area contributed by atoms with Crippen LogP contribution in [-0.2, 0) is 16.1 Å². The van der Waals surface area contributed by atoms with Crippen molar-refractivity contribution in [3.63, 3.8) is 0 Å². The fourth-order valence-electron chi connectivity index (χ4n) is 2.66. The number of carbonyl (C=O) groups excluding carboxylic acids is 3. The molecule has 2 rings (SSSR count). The van der Waals surface area contributed by atoms with E-state index in [1.54, 1.807) is 27.9 Å². The molecule has 1 N–H and O–H groups in total. The van der Waals surface area contributed by atoms with Crippen LogP contribution in [0.3, 0.4) is 0 Å². The van der Waals surface area contributed by atoms with Crippen LogP contribution in [0.5, 0.6) is 0 Å². The van der Waals surface area contributed by atoms with Gasteiger partial charge in [0.25, 0.3) is 12.3 Å². The number of amides is 2. The molecule has 2 aromatic heterocycles. The van der Waals surface area contributed by atoms with Crippen molar-refractivity contribution in [3.8, 4) is 0 Å². The minimum atomic E-state index is -2.79. The summed E-state index contributed by atoms with van der Waals surface area (Å²) in [6.45, 7) is 4.83. The Bertz CT molecular complexity index is 1000. The summed E-state index contributed by atoms with van der Waals surface area (Å²) in [4.78, 5) is 39.3. The fourth-order valence-corrected chi connectivity index (χ4v) is 4.35. The number of esters is 1. The fraction of sp³-hybridized carbons (Fsp3) is 0.474. The zero-order valence-electron chi connectivity index (χ0n) is 17.7. The molecule has 0 spiro atoms. The number of nitrogens with one attached hydrogen (secondary N) is 1. The van der Waals surface area contributed by atoms with E-state index in [0.29, 0.717) is 22.6 Å². The lowest BCUT2D eigenvalue weighted by molar-refractivity contribution is -0.116. The highest BCUT2D eigenvalue weighted by Crippen LogP contribution is 2.35. The molecular weight excluding hydrogens is 498 g/mol. The molecule has 2 aromatic rings. The number of hydrogen-bond acceptors (Lipinski definition) is 6. The zero-order chi connectivity index (χ0) is 23.5. The van der Waals surface area contributed by atoms with Gasteiger partial charge in [-0.1, -0.05) is 6.92 Å². The van der Waals surface area contributed by atoms with Crippen molar-refractivity contribution in [2.24, 2.45) is 0 Å². The highest BCUT2D eigenvalue weighted by atomic mass is 79.9. The molecular formula is C19H23BrF2N4O4S. The van der Waals surface area contributed by atoms with Gasteiger partial charge >= 0.3 is 5.97 Å². The van der Waals surface area contributed by atoms with Crippen LogP contribution in [0.4, 0.5) is 13.8 Å². The highest BCUT2D eigenvalue weighted by molar-refractivity contribution is 9.10. The highest BCUT2D eigenvalue weighted by Gasteiger charge is 2.28. The summed E-state index contributed by atoms with van der Waals surface area (Å²) in [7, 11) is 3.15. The molecule has 0 aliphatic carbocycles. The second kappa shape index (κ2) is 10.3. The summed E-state index contributed by atoms with van der Waals surface area (Å²) >= 11 is 4.02. The van der Waals surface area contributed by atoms with Crippen molar-refractivity contribution in [3.05, 3.63) is 31.9 Å². The van der Waals surface area contributed by atoms with Crippen LogP contribution < -0.4 is 5.32 Å². The number of halogens is 3. The van der Waals surface area contributed by atoms with Crippen LogP contribution >= 0.6 is 27.3 Å². The topological polar surface area (TPSA) is 93.5 Å². The van der Waals surface area contributed by atoms with Crippen LogP contribution in [0.25, 0.3) is 0 Å². The summed E-state index contributed by atoms with van der Waals surface area (Å²) in [5.41, 5.74) is 0.403. The molecule has 31 heavy (non-hydrogen) atoms. The summed E-state index contributed by atoms with van der Waals surface area (Å²) in [5.74, 6) is -1.56. The second-order valence-corrected chi connectivity index (χ2v) is 8.70. The molecule has 0 bridgehead atoms. The van der Waals surface area contributed by atoms with Crippen molar-refractivity contribution >= 4 is 50.1 Å². The van der Waals surface area contributed by atoms with Gasteiger partial charge in [0.05, 0.1) is 27.2 Å². The lowest BCUT2D eigenvalue weighted by atomic mass is 10.1. The van der Waals surface area contributed by atoms with Gasteiger partial charge in [-0.2, -0.15) is 5.10 Å². The van der Waals surface area contributed by atoms with Crippen LogP contribution in [0, 0.1) is 13.8 Å². The van der Waals surface area contributed by atoms with Gasteiger partial charge in [-0.3, -0.25) is 14.3 Å². The van der Waals surface area contributed by atoms with E-state index in [4.69, 9.17) is 4.74 Å². The largest absolute Gasteiger partial charge is 0.462 e. The zero-order valence-corrected chi connectivity index (χ0v) is 20.1. The first-order chi connectivity index (χ1) is 14.5. The lowest BCUT2D eigenvalue weighted by Crippen LogP contribution is -2.21. The Morgan fingerprint density at radius 3 is 2.45 bits per heavy atom. The number of aromatic nitrogens is 2. The van der Waals surface area contributed by atoms with Crippen molar-refractivity contribution in [2.75, 3.05) is 26.0 Å². The molecule has 0 saturated heterocycles. The monoisotopic (exact) mass is 520 g/mol. The van der Waals surface area contributed by atoms with E-state index in [-0.39, 0.29) is 34.1 Å². The van der Waals surface area contributed by atoms with Gasteiger partial charge in [0.1, 0.15) is 17.2 Å². The average Bonchev–Trinajstić information content (AvgIpc) is 3.16. The van der Waals surface area contributed by atoms with Crippen molar-refractivity contribution in [1.82, 2.24) is 14.7 Å². The molecule has 0 saturated carbocycles. The molecule has 12 heteroatoms. The van der Waals surface area contributed by atoms with Gasteiger partial charge in [-0.15, -0.1) is 11.3 Å². The minimum absolute atomic E-state index is 0.101. The van der Waals surface area contributed by atoms with Crippen LogP contribution in [0.1, 0.15) is 56.8 Å². The number of hydrogen-bond donors (Lipinski definition) is 1. The number of alkyl halides is 2. The Labute approximate surface area is 190 Å². The molecule has 0 aromatic carbocycles. The van der Waals surface area contributed by atoms with Gasteiger partial charge in [0, 0.05) is 14.1 Å². The standard InChI is InChI=1S/C19H23BrF2N4O4S/c1-6-7-30-19(29)12-9(2)15(18(28)25(4)5)31-17(12)23-11(27)8-26-10(3)13(20)14(24-26)16(21)22/h16H,6-8H2,1-5H3,(H,23,27). The molecule has 0 radical (unpaired) electrons. The van der Waals surface area contributed by atoms with Gasteiger partial charge in [-0.05, 0) is 41.8 Å². The van der Waals surface area contributed by atoms with Gasteiger partial charge in [0.2, 0.25) is 5.91 Å². The first kappa shape index (κ1) is 24.9. The van der Waals surface area contributed by atoms with Crippen molar-refractivity contribution in [2.45, 2.75) is 40.2 Å². The van der Waals surface area contributed by atoms with E-state index in [9.17, 15) is 23.2 Å². The Morgan fingerprint density at radius 2 is 1.94 bits per heavy atom. The van der Waals surface area contributed by atoms with E-state index in [1.807, 2.05) is 6.92 Å². The number of carbonyl (C=O) groups is 3. The van der Waals surface area contributed by atoms with Crippen LogP contribution in [-0.4, -0.2) is 53.2 Å². The number of anilines is 1. The SMILES string of the molecule is CCCOC(=O)c1c(NC(=O)Cn2nc(C(F)F)c(Br)c2C)sc(C(=O)N(C)C)c1C. The molecule has 2 amide bonds. The summed E-state index contributed by atoms with van der Waals surface area (Å²) in [6.07, 6.45) is -2.18. The third-order valence-electron chi connectivity index (χ3n) is 4.30. The summed E-state index contributed by atoms with van der Waals surface area (Å²) < 4.78 is 32.6. The van der Waals surface area contributed by atoms with E-state index >= 15 is 0 Å². The Balaban J connectivity index is 2.35. The van der Waals surface area contributed by atoms with Crippen molar-refractivity contribution in [1.29, 1.82) is 0 Å². The van der Waals surface area contributed by atoms with Gasteiger partial charge in [0.15, 0.2) is 0 Å². The van der Waals surface area contributed by atoms with E-state index in [0.717, 1.165) is 16.0 Å². The molecule has 0 aliphatic rings. The lowest BCUT2D eigenvalue weighted by Gasteiger charge is -2.09. The minimum Gasteiger partial charge on any atom is -0.462 e. The smallest absolute Gasteiger partial charge is 0.341 e. The molecule has 0 unspecified atom stereocenters. The van der Waals surface area contributed by atoms with E-state index < -0.39 is 24.0 Å². The summed E-state index contributed by atoms with van der Waals surface area (Å²) in [5, 5.41) is 6.53. The number of nitrogens with zero attached hydrogens (tertiary/aromatic N) is 3. The molecule has 170 valence electrons. The maximum atomic E-state index is 13.0. The third kappa shape index (κ3) is 5.48. The molecule has 8 nitrogen and oxygen atoms in total. The average molecular weight is 521 g/mol. The quantitative estimate of drug-likeness (QED) is 0.527. The maximum absolute atomic E-state index is 13.0. The van der Waals surface area contributed by atoms with Crippen molar-refractivity contribution < 1.29 is 27.9 Å².